The van der Waals surface area contributed by atoms with Gasteiger partial charge in [-0.05, 0) is 43.9 Å². The summed E-state index contributed by atoms with van der Waals surface area (Å²) in [6, 6.07) is -0.00250. The van der Waals surface area contributed by atoms with Crippen LogP contribution in [0.5, 0.6) is 0 Å². The molecule has 0 aromatic rings. The molecule has 0 aliphatic heterocycles. The van der Waals surface area contributed by atoms with Crippen molar-refractivity contribution in [2.24, 2.45) is 17.3 Å². The van der Waals surface area contributed by atoms with Crippen LogP contribution in [0, 0.1) is 17.3 Å². The monoisotopic (exact) mass is 282 g/mol. The van der Waals surface area contributed by atoms with Gasteiger partial charge < -0.3 is 15.7 Å². The summed E-state index contributed by atoms with van der Waals surface area (Å²) in [4.78, 5) is 23.2. The van der Waals surface area contributed by atoms with E-state index in [9.17, 15) is 14.7 Å². The predicted molar refractivity (Wildman–Crippen MR) is 76.4 cm³/mol. The molecule has 2 amide bonds. The van der Waals surface area contributed by atoms with E-state index in [1.807, 2.05) is 0 Å². The van der Waals surface area contributed by atoms with Gasteiger partial charge in [0.2, 0.25) is 0 Å². The van der Waals surface area contributed by atoms with Gasteiger partial charge in [-0.3, -0.25) is 4.79 Å². The minimum absolute atomic E-state index is 0.216. The van der Waals surface area contributed by atoms with E-state index >= 15 is 0 Å². The minimum atomic E-state index is -0.788. The molecule has 0 aromatic carbocycles. The molecule has 2 rings (SSSR count). The largest absolute Gasteiger partial charge is 0.481 e. The number of hydrogen-bond donors (Lipinski definition) is 3. The third-order valence-electron chi connectivity index (χ3n) is 5.10. The van der Waals surface area contributed by atoms with E-state index in [1.54, 1.807) is 0 Å². The van der Waals surface area contributed by atoms with Crippen LogP contribution in [0.15, 0.2) is 0 Å². The number of rotatable bonds is 4. The number of urea groups is 1. The summed E-state index contributed by atoms with van der Waals surface area (Å²) in [5.41, 5.74) is -0.718. The quantitative estimate of drug-likeness (QED) is 0.740. The van der Waals surface area contributed by atoms with Gasteiger partial charge in [-0.2, -0.15) is 0 Å². The predicted octanol–water partition coefficient (Wildman–Crippen LogP) is 2.37. The fraction of sp³-hybridized carbons (Fsp3) is 0.867. The maximum atomic E-state index is 11.9. The molecule has 0 bridgehead atoms. The summed E-state index contributed by atoms with van der Waals surface area (Å²) in [6.45, 7) is 4.66. The van der Waals surface area contributed by atoms with Crippen LogP contribution in [-0.4, -0.2) is 29.7 Å². The van der Waals surface area contributed by atoms with Gasteiger partial charge in [-0.25, -0.2) is 4.79 Å². The summed E-state index contributed by atoms with van der Waals surface area (Å²) < 4.78 is 0. The highest BCUT2D eigenvalue weighted by atomic mass is 16.4. The molecule has 3 unspecified atom stereocenters. The molecule has 20 heavy (non-hydrogen) atoms. The van der Waals surface area contributed by atoms with Crippen molar-refractivity contribution < 1.29 is 14.7 Å². The first kappa shape index (κ1) is 15.1. The SMILES string of the molecule is CC1CCC(NC(=O)NCC2(C(=O)O)CCC2)C(C)C1. The molecule has 2 aliphatic rings. The molecule has 0 saturated heterocycles. The van der Waals surface area contributed by atoms with Gasteiger partial charge in [0.25, 0.3) is 0 Å². The second-order valence-electron chi connectivity index (χ2n) is 6.77. The molecule has 114 valence electrons. The second-order valence-corrected chi connectivity index (χ2v) is 6.77. The number of aliphatic carboxylic acids is 1. The lowest BCUT2D eigenvalue weighted by molar-refractivity contribution is -0.153. The lowest BCUT2D eigenvalue weighted by Crippen LogP contribution is -2.52. The summed E-state index contributed by atoms with van der Waals surface area (Å²) >= 11 is 0. The molecule has 2 saturated carbocycles. The van der Waals surface area contributed by atoms with E-state index in [-0.39, 0.29) is 18.6 Å². The van der Waals surface area contributed by atoms with Crippen molar-refractivity contribution in [1.29, 1.82) is 0 Å². The zero-order valence-corrected chi connectivity index (χ0v) is 12.4. The van der Waals surface area contributed by atoms with Gasteiger partial charge in [-0.15, -0.1) is 0 Å². The van der Waals surface area contributed by atoms with E-state index in [2.05, 4.69) is 24.5 Å². The average Bonchev–Trinajstić information content (AvgIpc) is 2.31. The normalized spacial score (nSPS) is 32.0. The molecule has 3 N–H and O–H groups in total. The van der Waals surface area contributed by atoms with Crippen molar-refractivity contribution in [3.63, 3.8) is 0 Å². The summed E-state index contributed by atoms with van der Waals surface area (Å²) in [7, 11) is 0. The Bertz CT molecular complexity index is 379. The van der Waals surface area contributed by atoms with Gasteiger partial charge in [0.15, 0.2) is 0 Å². The Hall–Kier alpha value is -1.26. The second kappa shape index (κ2) is 6.02. The van der Waals surface area contributed by atoms with Crippen molar-refractivity contribution in [3.05, 3.63) is 0 Å². The van der Waals surface area contributed by atoms with Crippen LogP contribution < -0.4 is 10.6 Å². The van der Waals surface area contributed by atoms with E-state index in [4.69, 9.17) is 0 Å². The molecule has 5 nitrogen and oxygen atoms in total. The Morgan fingerprint density at radius 1 is 1.25 bits per heavy atom. The number of carboxylic acid groups (broad SMARTS) is 1. The Morgan fingerprint density at radius 3 is 2.45 bits per heavy atom. The molecule has 0 aromatic heterocycles. The highest BCUT2D eigenvalue weighted by molar-refractivity contribution is 5.79. The van der Waals surface area contributed by atoms with Crippen LogP contribution in [0.3, 0.4) is 0 Å². The number of carbonyl (C=O) groups is 2. The van der Waals surface area contributed by atoms with Crippen LogP contribution in [0.4, 0.5) is 4.79 Å². The zero-order valence-electron chi connectivity index (χ0n) is 12.4. The van der Waals surface area contributed by atoms with Crippen LogP contribution in [0.2, 0.25) is 0 Å². The van der Waals surface area contributed by atoms with Crippen molar-refractivity contribution in [3.8, 4) is 0 Å². The topological polar surface area (TPSA) is 78.4 Å². The first-order valence-corrected chi connectivity index (χ1v) is 7.71. The van der Waals surface area contributed by atoms with Crippen molar-refractivity contribution >= 4 is 12.0 Å². The third-order valence-corrected chi connectivity index (χ3v) is 5.10. The van der Waals surface area contributed by atoms with E-state index in [0.717, 1.165) is 31.6 Å². The van der Waals surface area contributed by atoms with Crippen LogP contribution in [0.1, 0.15) is 52.4 Å². The number of hydrogen-bond acceptors (Lipinski definition) is 2. The fourth-order valence-corrected chi connectivity index (χ4v) is 3.42. The molecular weight excluding hydrogens is 256 g/mol. The van der Waals surface area contributed by atoms with E-state index in [0.29, 0.717) is 18.8 Å². The Balaban J connectivity index is 1.77. The first-order chi connectivity index (χ1) is 9.43. The van der Waals surface area contributed by atoms with Crippen LogP contribution in [0.25, 0.3) is 0 Å². The van der Waals surface area contributed by atoms with Crippen LogP contribution >= 0.6 is 0 Å². The van der Waals surface area contributed by atoms with E-state index < -0.39 is 11.4 Å². The summed E-state index contributed by atoms with van der Waals surface area (Å²) in [5, 5.41) is 15.0. The van der Waals surface area contributed by atoms with Crippen molar-refractivity contribution in [2.75, 3.05) is 6.54 Å². The van der Waals surface area contributed by atoms with Gasteiger partial charge in [0, 0.05) is 12.6 Å². The fourth-order valence-electron chi connectivity index (χ4n) is 3.42. The third kappa shape index (κ3) is 3.25. The maximum absolute atomic E-state index is 11.9. The Morgan fingerprint density at radius 2 is 1.95 bits per heavy atom. The van der Waals surface area contributed by atoms with Crippen molar-refractivity contribution in [1.82, 2.24) is 10.6 Å². The summed E-state index contributed by atoms with van der Waals surface area (Å²) in [5.74, 6) is 0.432. The Labute approximate surface area is 120 Å². The number of nitrogens with one attached hydrogen (secondary N) is 2. The number of carboxylic acids is 1. The molecule has 2 fully saturated rings. The average molecular weight is 282 g/mol. The molecular formula is C15H26N2O3. The van der Waals surface area contributed by atoms with Gasteiger partial charge >= 0.3 is 12.0 Å². The first-order valence-electron chi connectivity index (χ1n) is 7.71. The molecule has 3 atom stereocenters. The minimum Gasteiger partial charge on any atom is -0.481 e. The van der Waals surface area contributed by atoms with E-state index in [1.165, 1.54) is 0 Å². The molecule has 2 aliphatic carbocycles. The smallest absolute Gasteiger partial charge is 0.315 e. The standard InChI is InChI=1S/C15H26N2O3/c1-10-4-5-12(11(2)8-10)17-14(20)16-9-15(13(18)19)6-3-7-15/h10-12H,3-9H2,1-2H3,(H,18,19)(H2,16,17,20). The zero-order chi connectivity index (χ0) is 14.8. The van der Waals surface area contributed by atoms with Crippen molar-refractivity contribution in [2.45, 2.75) is 58.4 Å². The van der Waals surface area contributed by atoms with Gasteiger partial charge in [0.05, 0.1) is 5.41 Å². The number of amides is 2. The molecule has 0 spiro atoms. The van der Waals surface area contributed by atoms with Gasteiger partial charge in [-0.1, -0.05) is 20.3 Å². The molecule has 0 radical (unpaired) electrons. The van der Waals surface area contributed by atoms with Gasteiger partial charge in [0.1, 0.15) is 0 Å². The highest BCUT2D eigenvalue weighted by Crippen LogP contribution is 2.40. The molecule has 5 heteroatoms. The molecule has 0 heterocycles. The summed E-state index contributed by atoms with van der Waals surface area (Å²) in [6.07, 6.45) is 5.57. The van der Waals surface area contributed by atoms with Crippen LogP contribution in [-0.2, 0) is 4.79 Å². The number of carbonyl (C=O) groups excluding carboxylic acids is 1. The lowest BCUT2D eigenvalue weighted by Gasteiger charge is -2.38. The maximum Gasteiger partial charge on any atom is 0.315 e. The lowest BCUT2D eigenvalue weighted by atomic mass is 9.69. The Kier molecular flexibility index (Phi) is 4.55. The highest BCUT2D eigenvalue weighted by Gasteiger charge is 2.44.